The Morgan fingerprint density at radius 2 is 2.00 bits per heavy atom. The van der Waals surface area contributed by atoms with E-state index < -0.39 is 0 Å². The van der Waals surface area contributed by atoms with Crippen LogP contribution in [0.1, 0.15) is 30.0 Å². The maximum Gasteiger partial charge on any atom is 0.119 e. The third-order valence-corrected chi connectivity index (χ3v) is 7.52. The van der Waals surface area contributed by atoms with Crippen LogP contribution in [-0.4, -0.2) is 11.6 Å². The number of methoxy groups -OCH3 is 1. The van der Waals surface area contributed by atoms with Gasteiger partial charge in [0.25, 0.3) is 0 Å². The summed E-state index contributed by atoms with van der Waals surface area (Å²) in [6.45, 7) is 2.40. The molecular weight excluding hydrogens is 431 g/mol. The molecule has 0 bridgehead atoms. The summed E-state index contributed by atoms with van der Waals surface area (Å²) in [4.78, 5) is 0. The Bertz CT molecular complexity index is 741. The molecule has 0 fully saturated rings. The zero-order valence-electron chi connectivity index (χ0n) is 14.3. The molecule has 0 heterocycles. The minimum atomic E-state index is -0.187. The zero-order chi connectivity index (χ0) is 17.1. The Morgan fingerprint density at radius 3 is 2.71 bits per heavy atom. The van der Waals surface area contributed by atoms with Gasteiger partial charge in [0.05, 0.1) is 12.1 Å². The van der Waals surface area contributed by atoms with Crippen LogP contribution in [-0.2, 0) is 19.3 Å². The highest BCUT2D eigenvalue weighted by molar-refractivity contribution is 14.2. The van der Waals surface area contributed by atoms with Crippen LogP contribution in [0.2, 0.25) is 5.02 Å². The van der Waals surface area contributed by atoms with Crippen molar-refractivity contribution in [2.45, 2.75) is 32.6 Å². The lowest BCUT2D eigenvalue weighted by Gasteiger charge is -2.19. The van der Waals surface area contributed by atoms with Crippen molar-refractivity contribution in [3.8, 4) is 5.75 Å². The molecule has 2 aromatic rings. The fourth-order valence-electron chi connectivity index (χ4n) is 3.61. The van der Waals surface area contributed by atoms with Crippen molar-refractivity contribution in [2.75, 3.05) is 7.11 Å². The molecule has 0 saturated heterocycles. The maximum absolute atomic E-state index is 6.38. The molecular formula is C21H24ClIO. The maximum atomic E-state index is 6.38. The number of benzene rings is 2. The summed E-state index contributed by atoms with van der Waals surface area (Å²) in [5.74, 6) is 2.40. The molecule has 0 radical (unpaired) electrons. The molecule has 1 aliphatic rings. The summed E-state index contributed by atoms with van der Waals surface area (Å²) in [6, 6.07) is 13.0. The molecule has 0 aromatic heterocycles. The van der Waals surface area contributed by atoms with Crippen LogP contribution in [0, 0.1) is 15.4 Å². The van der Waals surface area contributed by atoms with E-state index in [1.54, 1.807) is 7.11 Å². The van der Waals surface area contributed by atoms with Crippen LogP contribution in [0.4, 0.5) is 0 Å². The van der Waals surface area contributed by atoms with Crippen molar-refractivity contribution in [3.05, 3.63) is 61.7 Å². The molecule has 1 nitrogen and oxygen atoms in total. The van der Waals surface area contributed by atoms with Crippen molar-refractivity contribution < 1.29 is 4.74 Å². The van der Waals surface area contributed by atoms with E-state index in [0.717, 1.165) is 23.1 Å². The SMILES string of the molecule is C=Ic1cc2c(cc1Cl)CC([C@H](C)CCc1cccc(OC)c1)C2. The van der Waals surface area contributed by atoms with Gasteiger partial charge in [-0.3, -0.25) is 0 Å². The number of fused-ring (bicyclic) bond motifs is 1. The molecule has 3 heteroatoms. The standard InChI is InChI=1S/C21H24ClIO/c1-14(7-8-15-5-4-6-19(9-15)24-3)16-10-17-12-20(22)21(23-2)13-18(17)11-16/h4-6,9,12-14,16H,2,7-8,10-11H2,1,3H3/t14-,16?/m1/s1. The zero-order valence-corrected chi connectivity index (χ0v) is 17.2. The highest BCUT2D eigenvalue weighted by Gasteiger charge is 2.26. The van der Waals surface area contributed by atoms with Crippen molar-refractivity contribution in [2.24, 2.45) is 11.8 Å². The van der Waals surface area contributed by atoms with Crippen molar-refractivity contribution in [1.82, 2.24) is 0 Å². The van der Waals surface area contributed by atoms with E-state index in [9.17, 15) is 0 Å². The summed E-state index contributed by atoms with van der Waals surface area (Å²) >= 11 is 6.19. The first kappa shape index (κ1) is 17.9. The van der Waals surface area contributed by atoms with Gasteiger partial charge in [0.1, 0.15) is 5.75 Å². The number of aryl methyl sites for hydroxylation is 1. The Morgan fingerprint density at radius 1 is 1.25 bits per heavy atom. The van der Waals surface area contributed by atoms with E-state index in [0.29, 0.717) is 5.92 Å². The second-order valence-electron chi connectivity index (χ2n) is 6.70. The molecule has 0 amide bonds. The summed E-state index contributed by atoms with van der Waals surface area (Å²) in [5.41, 5.74) is 4.33. The van der Waals surface area contributed by atoms with Crippen molar-refractivity contribution in [3.63, 3.8) is 0 Å². The van der Waals surface area contributed by atoms with Gasteiger partial charge in [0, 0.05) is 3.57 Å². The monoisotopic (exact) mass is 454 g/mol. The summed E-state index contributed by atoms with van der Waals surface area (Å²) in [5, 5.41) is 0.932. The molecule has 1 aliphatic carbocycles. The predicted molar refractivity (Wildman–Crippen MR) is 113 cm³/mol. The van der Waals surface area contributed by atoms with Crippen LogP contribution in [0.15, 0.2) is 36.4 Å². The first-order chi connectivity index (χ1) is 11.6. The second kappa shape index (κ2) is 8.01. The molecule has 128 valence electrons. The van der Waals surface area contributed by atoms with Gasteiger partial charge < -0.3 is 4.74 Å². The van der Waals surface area contributed by atoms with Crippen LogP contribution in [0.5, 0.6) is 5.75 Å². The van der Waals surface area contributed by atoms with Gasteiger partial charge in [-0.25, -0.2) is 0 Å². The molecule has 2 aromatic carbocycles. The third-order valence-electron chi connectivity index (χ3n) is 5.18. The lowest BCUT2D eigenvalue weighted by molar-refractivity contribution is 0.351. The van der Waals surface area contributed by atoms with Gasteiger partial charge in [-0.05, 0) is 78.5 Å². The van der Waals surface area contributed by atoms with Gasteiger partial charge in [0.15, 0.2) is 0 Å². The van der Waals surface area contributed by atoms with Gasteiger partial charge in [-0.2, -0.15) is 0 Å². The second-order valence-corrected chi connectivity index (χ2v) is 9.04. The Hall–Kier alpha value is -0.870. The number of halogens is 2. The van der Waals surface area contributed by atoms with E-state index in [1.165, 1.54) is 39.5 Å². The first-order valence-electron chi connectivity index (χ1n) is 8.43. The molecule has 3 rings (SSSR count). The molecule has 2 atom stereocenters. The van der Waals surface area contributed by atoms with Crippen LogP contribution in [0.3, 0.4) is 0 Å². The minimum absolute atomic E-state index is 0.187. The number of hydrogen-bond acceptors (Lipinski definition) is 1. The Labute approximate surface area is 160 Å². The van der Waals surface area contributed by atoms with Crippen LogP contribution in [0.25, 0.3) is 0 Å². The quantitative estimate of drug-likeness (QED) is 0.493. The molecule has 24 heavy (non-hydrogen) atoms. The number of hydrogen-bond donors (Lipinski definition) is 0. The molecule has 0 aliphatic heterocycles. The Kier molecular flexibility index (Phi) is 5.98. The average Bonchev–Trinajstić information content (AvgIpc) is 3.01. The van der Waals surface area contributed by atoms with E-state index in [1.807, 2.05) is 6.07 Å². The molecule has 0 N–H and O–H groups in total. The largest absolute Gasteiger partial charge is 0.497 e. The highest BCUT2D eigenvalue weighted by Crippen LogP contribution is 2.37. The van der Waals surface area contributed by atoms with Crippen LogP contribution >= 0.6 is 32.3 Å². The first-order valence-corrected chi connectivity index (χ1v) is 11.4. The summed E-state index contributed by atoms with van der Waals surface area (Å²) in [7, 11) is 1.73. The normalized spacial score (nSPS) is 17.5. The van der Waals surface area contributed by atoms with E-state index in [2.05, 4.69) is 41.8 Å². The fourth-order valence-corrected chi connectivity index (χ4v) is 5.25. The molecule has 0 saturated carbocycles. The van der Waals surface area contributed by atoms with Crippen molar-refractivity contribution in [1.29, 1.82) is 0 Å². The lowest BCUT2D eigenvalue weighted by atomic mass is 9.86. The van der Waals surface area contributed by atoms with E-state index >= 15 is 0 Å². The third kappa shape index (κ3) is 4.02. The molecule has 0 spiro atoms. The highest BCUT2D eigenvalue weighted by atomic mass is 127. The van der Waals surface area contributed by atoms with Gasteiger partial charge in [-0.1, -0.05) is 55.9 Å². The molecule has 1 unspecified atom stereocenters. The van der Waals surface area contributed by atoms with E-state index in [-0.39, 0.29) is 20.7 Å². The predicted octanol–water partition coefficient (Wildman–Crippen LogP) is 5.90. The summed E-state index contributed by atoms with van der Waals surface area (Å²) in [6.07, 6.45) is 4.70. The minimum Gasteiger partial charge on any atom is -0.497 e. The van der Waals surface area contributed by atoms with E-state index in [4.69, 9.17) is 16.3 Å². The topological polar surface area (TPSA) is 9.23 Å². The van der Waals surface area contributed by atoms with Gasteiger partial charge in [-0.15, -0.1) is 0 Å². The fraction of sp³-hybridized carbons (Fsp3) is 0.381. The van der Waals surface area contributed by atoms with Gasteiger partial charge in [0.2, 0.25) is 0 Å². The number of ether oxygens (including phenoxy) is 1. The van der Waals surface area contributed by atoms with Gasteiger partial charge >= 0.3 is 0 Å². The number of rotatable bonds is 6. The summed E-state index contributed by atoms with van der Waals surface area (Å²) < 4.78 is 10.7. The lowest BCUT2D eigenvalue weighted by Crippen LogP contribution is -2.12. The Balaban J connectivity index is 1.62. The van der Waals surface area contributed by atoms with Crippen LogP contribution < -0.4 is 4.74 Å². The average molecular weight is 455 g/mol. The smallest absolute Gasteiger partial charge is 0.119 e. The van der Waals surface area contributed by atoms with Crippen molar-refractivity contribution >= 4 is 36.8 Å².